The van der Waals surface area contributed by atoms with Crippen molar-refractivity contribution in [2.45, 2.75) is 24.2 Å². The molecular weight excluding hydrogens is 303 g/mol. The van der Waals surface area contributed by atoms with Crippen LogP contribution in [0.1, 0.15) is 6.92 Å². The topological polar surface area (TPSA) is 92.7 Å². The Labute approximate surface area is 112 Å². The van der Waals surface area contributed by atoms with Crippen LogP contribution < -0.4 is 9.46 Å². The first-order chi connectivity index (χ1) is 9.01. The number of rotatable bonds is 5. The lowest BCUT2D eigenvalue weighted by atomic mass is 10.3. The van der Waals surface area contributed by atoms with Crippen molar-refractivity contribution < 1.29 is 36.2 Å². The summed E-state index contributed by atoms with van der Waals surface area (Å²) in [5.41, 5.74) is 0. The fourth-order valence-electron chi connectivity index (χ4n) is 1.19. The van der Waals surface area contributed by atoms with Crippen molar-refractivity contribution in [3.05, 3.63) is 24.3 Å². The van der Waals surface area contributed by atoms with E-state index in [-0.39, 0.29) is 0 Å². The molecule has 20 heavy (non-hydrogen) atoms. The normalized spacial score (nSPS) is 13.8. The average Bonchev–Trinajstić information content (AvgIpc) is 2.26. The smallest absolute Gasteiger partial charge is 0.480 e. The van der Waals surface area contributed by atoms with Gasteiger partial charge in [0.1, 0.15) is 11.8 Å². The lowest BCUT2D eigenvalue weighted by molar-refractivity contribution is -0.274. The third-order valence-electron chi connectivity index (χ3n) is 2.05. The number of aliphatic carboxylic acids is 1. The number of nitrogens with one attached hydrogen (secondary N) is 1. The van der Waals surface area contributed by atoms with Crippen molar-refractivity contribution in [2.75, 3.05) is 0 Å². The van der Waals surface area contributed by atoms with Crippen molar-refractivity contribution in [3.63, 3.8) is 0 Å². The van der Waals surface area contributed by atoms with Crippen LogP contribution in [0.3, 0.4) is 0 Å². The molecule has 1 aromatic rings. The number of ether oxygens (including phenoxy) is 1. The summed E-state index contributed by atoms with van der Waals surface area (Å²) in [4.78, 5) is 10.0. The number of carboxylic acid groups (broad SMARTS) is 1. The van der Waals surface area contributed by atoms with Crippen molar-refractivity contribution >= 4 is 16.0 Å². The van der Waals surface area contributed by atoms with Gasteiger partial charge in [0.2, 0.25) is 10.0 Å². The van der Waals surface area contributed by atoms with Crippen LogP contribution in [-0.2, 0) is 14.8 Å². The highest BCUT2D eigenvalue weighted by atomic mass is 32.2. The Morgan fingerprint density at radius 2 is 2.00 bits per heavy atom. The van der Waals surface area contributed by atoms with Crippen molar-refractivity contribution in [2.24, 2.45) is 0 Å². The van der Waals surface area contributed by atoms with Crippen LogP contribution in [0.4, 0.5) is 13.2 Å². The van der Waals surface area contributed by atoms with Crippen LogP contribution in [0.2, 0.25) is 0 Å². The van der Waals surface area contributed by atoms with Gasteiger partial charge in [0.05, 0.1) is 4.90 Å². The molecule has 0 fully saturated rings. The van der Waals surface area contributed by atoms with Gasteiger partial charge in [0.25, 0.3) is 0 Å². The summed E-state index contributed by atoms with van der Waals surface area (Å²) >= 11 is 0. The quantitative estimate of drug-likeness (QED) is 0.855. The van der Waals surface area contributed by atoms with E-state index in [1.807, 2.05) is 0 Å². The maximum absolute atomic E-state index is 12.0. The molecule has 0 aliphatic carbocycles. The molecule has 0 bridgehead atoms. The molecule has 0 saturated heterocycles. The second-order valence-corrected chi connectivity index (χ2v) is 5.42. The predicted molar refractivity (Wildman–Crippen MR) is 60.5 cm³/mol. The number of halogens is 3. The SMILES string of the molecule is CC(NS(=O)(=O)c1cccc(OC(F)(F)F)c1)C(=O)O. The summed E-state index contributed by atoms with van der Waals surface area (Å²) in [6.07, 6.45) is -4.95. The minimum atomic E-state index is -4.95. The zero-order valence-corrected chi connectivity index (χ0v) is 10.8. The third-order valence-corrected chi connectivity index (χ3v) is 3.59. The Bertz CT molecular complexity index is 599. The van der Waals surface area contributed by atoms with Gasteiger partial charge in [-0.15, -0.1) is 13.2 Å². The maximum Gasteiger partial charge on any atom is 0.573 e. The summed E-state index contributed by atoms with van der Waals surface area (Å²) in [6, 6.07) is 2.20. The van der Waals surface area contributed by atoms with Gasteiger partial charge in [-0.1, -0.05) is 6.07 Å². The molecule has 10 heteroatoms. The zero-order valence-electron chi connectivity index (χ0n) is 10.0. The van der Waals surface area contributed by atoms with Gasteiger partial charge in [-0.25, -0.2) is 8.42 Å². The number of carboxylic acids is 1. The highest BCUT2D eigenvalue weighted by Gasteiger charge is 2.31. The Kier molecular flexibility index (Phi) is 4.61. The highest BCUT2D eigenvalue weighted by Crippen LogP contribution is 2.24. The third kappa shape index (κ3) is 4.70. The predicted octanol–water partition coefficient (Wildman–Crippen LogP) is 1.34. The molecule has 112 valence electrons. The Balaban J connectivity index is 3.02. The number of benzene rings is 1. The molecule has 1 unspecified atom stereocenters. The standard InChI is InChI=1S/C10H10F3NO5S/c1-6(9(15)16)14-20(17,18)8-4-2-3-7(5-8)19-10(11,12)13/h2-6,14H,1H3,(H,15,16). The fourth-order valence-corrected chi connectivity index (χ4v) is 2.42. The van der Waals surface area contributed by atoms with E-state index in [0.717, 1.165) is 25.1 Å². The van der Waals surface area contributed by atoms with Crippen LogP contribution in [0.25, 0.3) is 0 Å². The van der Waals surface area contributed by atoms with E-state index < -0.39 is 39.0 Å². The molecule has 0 aliphatic heterocycles. The largest absolute Gasteiger partial charge is 0.573 e. The molecule has 0 spiro atoms. The molecule has 6 nitrogen and oxygen atoms in total. The van der Waals surface area contributed by atoms with Gasteiger partial charge in [-0.05, 0) is 19.1 Å². The number of sulfonamides is 1. The molecule has 1 aromatic carbocycles. The molecule has 0 heterocycles. The summed E-state index contributed by atoms with van der Waals surface area (Å²) in [7, 11) is -4.26. The second-order valence-electron chi connectivity index (χ2n) is 3.70. The van der Waals surface area contributed by atoms with E-state index in [4.69, 9.17) is 5.11 Å². The van der Waals surface area contributed by atoms with E-state index in [2.05, 4.69) is 4.74 Å². The lowest BCUT2D eigenvalue weighted by Gasteiger charge is -2.12. The van der Waals surface area contributed by atoms with E-state index in [1.54, 1.807) is 4.72 Å². The molecule has 1 atom stereocenters. The highest BCUT2D eigenvalue weighted by molar-refractivity contribution is 7.89. The molecule has 2 N–H and O–H groups in total. The van der Waals surface area contributed by atoms with Crippen molar-refractivity contribution in [1.29, 1.82) is 0 Å². The number of carbonyl (C=O) groups is 1. The van der Waals surface area contributed by atoms with E-state index >= 15 is 0 Å². The molecule has 0 saturated carbocycles. The first-order valence-electron chi connectivity index (χ1n) is 5.12. The zero-order chi connectivity index (χ0) is 15.6. The molecule has 0 aliphatic rings. The minimum absolute atomic E-state index is 0.535. The Morgan fingerprint density at radius 1 is 1.40 bits per heavy atom. The van der Waals surface area contributed by atoms with Crippen LogP contribution in [0, 0.1) is 0 Å². The molecule has 1 rings (SSSR count). The summed E-state index contributed by atoms with van der Waals surface area (Å²) in [5, 5.41) is 8.60. The van der Waals surface area contributed by atoms with Gasteiger partial charge >= 0.3 is 12.3 Å². The lowest BCUT2D eigenvalue weighted by Crippen LogP contribution is -2.38. The molecule has 0 amide bonds. The number of hydrogen-bond acceptors (Lipinski definition) is 4. The van der Waals surface area contributed by atoms with E-state index in [0.29, 0.717) is 6.07 Å². The van der Waals surface area contributed by atoms with Crippen LogP contribution in [-0.4, -0.2) is 31.9 Å². The minimum Gasteiger partial charge on any atom is -0.480 e. The second kappa shape index (κ2) is 5.67. The number of alkyl halides is 3. The maximum atomic E-state index is 12.0. The van der Waals surface area contributed by atoms with Crippen molar-refractivity contribution in [1.82, 2.24) is 4.72 Å². The van der Waals surface area contributed by atoms with Crippen LogP contribution in [0.5, 0.6) is 5.75 Å². The van der Waals surface area contributed by atoms with E-state index in [1.165, 1.54) is 0 Å². The molecule has 0 radical (unpaired) electrons. The Hall–Kier alpha value is -1.81. The number of hydrogen-bond donors (Lipinski definition) is 2. The molecule has 0 aromatic heterocycles. The van der Waals surface area contributed by atoms with Gasteiger partial charge in [-0.3, -0.25) is 4.79 Å². The monoisotopic (exact) mass is 313 g/mol. The first-order valence-corrected chi connectivity index (χ1v) is 6.60. The van der Waals surface area contributed by atoms with Gasteiger partial charge in [0.15, 0.2) is 0 Å². The van der Waals surface area contributed by atoms with Crippen LogP contribution >= 0.6 is 0 Å². The summed E-state index contributed by atoms with van der Waals surface area (Å²) in [5.74, 6) is -2.14. The Morgan fingerprint density at radius 3 is 2.50 bits per heavy atom. The van der Waals surface area contributed by atoms with Crippen molar-refractivity contribution in [3.8, 4) is 5.75 Å². The average molecular weight is 313 g/mol. The van der Waals surface area contributed by atoms with Crippen LogP contribution in [0.15, 0.2) is 29.2 Å². The fraction of sp³-hybridized carbons (Fsp3) is 0.300. The van der Waals surface area contributed by atoms with Gasteiger partial charge in [-0.2, -0.15) is 4.72 Å². The summed E-state index contributed by atoms with van der Waals surface area (Å²) in [6.45, 7) is 1.08. The molecular formula is C10H10F3NO5S. The van der Waals surface area contributed by atoms with E-state index in [9.17, 15) is 26.4 Å². The summed E-state index contributed by atoms with van der Waals surface area (Å²) < 4.78 is 64.9. The first kappa shape index (κ1) is 16.2. The van der Waals surface area contributed by atoms with Gasteiger partial charge in [0, 0.05) is 6.07 Å². The van der Waals surface area contributed by atoms with Gasteiger partial charge < -0.3 is 9.84 Å².